The maximum absolute atomic E-state index is 5.13. The number of benzene rings is 7. The average molecular weight is 666 g/mol. The summed E-state index contributed by atoms with van der Waals surface area (Å²) in [5.41, 5.74) is 9.80. The Morgan fingerprint density at radius 1 is 0.298 bits per heavy atom. The standard InChI is InChI=1S/C43H28N3Se/c47-40-34(30-16-6-2-7-17-30)22-11-26-38(40)36-24-12-25-37-35(36)23-13-27-39(37)43-45-41(31-18-8-3-9-19-31)44-42(46-43)33-21-10-20-32(28-33)29-14-4-1-5-15-29/h1-28H. The summed E-state index contributed by atoms with van der Waals surface area (Å²) in [6, 6.07) is 58.8. The van der Waals surface area contributed by atoms with Gasteiger partial charge in [-0.1, -0.05) is 42.5 Å². The molecule has 0 saturated carbocycles. The van der Waals surface area contributed by atoms with Crippen LogP contribution in [0.1, 0.15) is 0 Å². The molecule has 1 aromatic heterocycles. The summed E-state index contributed by atoms with van der Waals surface area (Å²) in [7, 11) is 0. The molecule has 0 unspecified atom stereocenters. The Morgan fingerprint density at radius 2 is 0.745 bits per heavy atom. The summed E-state index contributed by atoms with van der Waals surface area (Å²) in [6.45, 7) is 0. The molecule has 0 bridgehead atoms. The Balaban J connectivity index is 1.30. The second kappa shape index (κ2) is 12.6. The van der Waals surface area contributed by atoms with E-state index in [0.29, 0.717) is 17.5 Å². The molecule has 0 atom stereocenters. The van der Waals surface area contributed by atoms with Crippen LogP contribution in [0.25, 0.3) is 78.3 Å². The third-order valence-corrected chi connectivity index (χ3v) is 9.37. The van der Waals surface area contributed by atoms with Crippen LogP contribution < -0.4 is 4.46 Å². The van der Waals surface area contributed by atoms with Gasteiger partial charge in [-0.15, -0.1) is 0 Å². The molecule has 0 saturated heterocycles. The van der Waals surface area contributed by atoms with Crippen molar-refractivity contribution in [2.24, 2.45) is 0 Å². The molecule has 7 aromatic carbocycles. The third kappa shape index (κ3) is 5.66. The van der Waals surface area contributed by atoms with Crippen LogP contribution in [0.15, 0.2) is 170 Å². The molecule has 0 aliphatic carbocycles. The molecule has 0 spiro atoms. The topological polar surface area (TPSA) is 38.7 Å². The first kappa shape index (κ1) is 28.8. The second-order valence-corrected chi connectivity index (χ2v) is 12.2. The number of rotatable bonds is 6. The first-order valence-electron chi connectivity index (χ1n) is 15.6. The first-order chi connectivity index (χ1) is 23.2. The monoisotopic (exact) mass is 666 g/mol. The van der Waals surface area contributed by atoms with Gasteiger partial charge in [0, 0.05) is 0 Å². The Kier molecular flexibility index (Phi) is 7.72. The van der Waals surface area contributed by atoms with Gasteiger partial charge >= 0.3 is 236 Å². The van der Waals surface area contributed by atoms with E-state index in [1.54, 1.807) is 0 Å². The Morgan fingerprint density at radius 3 is 1.45 bits per heavy atom. The van der Waals surface area contributed by atoms with E-state index >= 15 is 0 Å². The fraction of sp³-hybridized carbons (Fsp3) is 0. The summed E-state index contributed by atoms with van der Waals surface area (Å²) < 4.78 is 1.13. The van der Waals surface area contributed by atoms with E-state index < -0.39 is 0 Å². The number of fused-ring (bicyclic) bond motifs is 1. The Labute approximate surface area is 282 Å². The summed E-state index contributed by atoms with van der Waals surface area (Å²) in [6.07, 6.45) is 0. The van der Waals surface area contributed by atoms with Gasteiger partial charge < -0.3 is 0 Å². The molecule has 4 heteroatoms. The van der Waals surface area contributed by atoms with Gasteiger partial charge in [-0.2, -0.15) is 0 Å². The second-order valence-electron chi connectivity index (χ2n) is 11.4. The van der Waals surface area contributed by atoms with Crippen LogP contribution in [0.5, 0.6) is 0 Å². The van der Waals surface area contributed by atoms with E-state index in [-0.39, 0.29) is 0 Å². The normalized spacial score (nSPS) is 11.1. The van der Waals surface area contributed by atoms with Gasteiger partial charge in [0.05, 0.1) is 0 Å². The zero-order valence-corrected chi connectivity index (χ0v) is 27.1. The third-order valence-electron chi connectivity index (χ3n) is 8.45. The van der Waals surface area contributed by atoms with Gasteiger partial charge in [0.1, 0.15) is 0 Å². The van der Waals surface area contributed by atoms with Crippen LogP contribution in [0.2, 0.25) is 0 Å². The van der Waals surface area contributed by atoms with Crippen LogP contribution in [-0.4, -0.2) is 31.0 Å². The van der Waals surface area contributed by atoms with Crippen molar-refractivity contribution in [1.82, 2.24) is 15.0 Å². The van der Waals surface area contributed by atoms with Crippen LogP contribution in [0.3, 0.4) is 0 Å². The fourth-order valence-corrected chi connectivity index (χ4v) is 6.91. The van der Waals surface area contributed by atoms with Crippen molar-refractivity contribution in [3.63, 3.8) is 0 Å². The van der Waals surface area contributed by atoms with Gasteiger partial charge in [0.25, 0.3) is 0 Å². The van der Waals surface area contributed by atoms with Gasteiger partial charge in [-0.3, -0.25) is 0 Å². The molecule has 3 nitrogen and oxygen atoms in total. The fourth-order valence-electron chi connectivity index (χ4n) is 6.14. The molecule has 0 aliphatic heterocycles. The predicted octanol–water partition coefficient (Wildman–Crippen LogP) is 9.82. The molecule has 0 fully saturated rings. The van der Waals surface area contributed by atoms with E-state index in [2.05, 4.69) is 149 Å². The van der Waals surface area contributed by atoms with Crippen molar-refractivity contribution >= 4 is 31.2 Å². The minimum absolute atomic E-state index is 0.640. The molecule has 1 radical (unpaired) electrons. The van der Waals surface area contributed by atoms with Crippen molar-refractivity contribution in [2.45, 2.75) is 0 Å². The molecule has 8 aromatic rings. The van der Waals surface area contributed by atoms with Crippen molar-refractivity contribution < 1.29 is 0 Å². The van der Waals surface area contributed by atoms with Crippen LogP contribution in [-0.2, 0) is 0 Å². The predicted molar refractivity (Wildman–Crippen MR) is 195 cm³/mol. The van der Waals surface area contributed by atoms with E-state index in [1.165, 1.54) is 11.1 Å². The molecule has 221 valence electrons. The first-order valence-corrected chi connectivity index (χ1v) is 16.4. The molecular formula is C43H28N3Se. The minimum atomic E-state index is 0.640. The van der Waals surface area contributed by atoms with Crippen LogP contribution in [0, 0.1) is 0 Å². The number of hydrogen-bond acceptors (Lipinski definition) is 3. The summed E-state index contributed by atoms with van der Waals surface area (Å²) in [5.74, 6) is 1.92. The van der Waals surface area contributed by atoms with E-state index in [4.69, 9.17) is 15.0 Å². The number of nitrogens with zero attached hydrogens (tertiary/aromatic N) is 3. The molecule has 8 rings (SSSR count). The summed E-state index contributed by atoms with van der Waals surface area (Å²) in [4.78, 5) is 15.2. The van der Waals surface area contributed by atoms with Gasteiger partial charge in [0.15, 0.2) is 0 Å². The number of aromatic nitrogens is 3. The number of hydrogen-bond donors (Lipinski definition) is 0. The van der Waals surface area contributed by atoms with Crippen molar-refractivity contribution in [2.75, 3.05) is 0 Å². The quantitative estimate of drug-likeness (QED) is 0.166. The van der Waals surface area contributed by atoms with Crippen molar-refractivity contribution in [1.29, 1.82) is 0 Å². The Bertz CT molecular complexity index is 2350. The van der Waals surface area contributed by atoms with Gasteiger partial charge in [0.2, 0.25) is 0 Å². The van der Waals surface area contributed by atoms with Gasteiger partial charge in [-0.25, -0.2) is 0 Å². The van der Waals surface area contributed by atoms with E-state index in [0.717, 1.165) is 54.2 Å². The van der Waals surface area contributed by atoms with E-state index in [1.807, 2.05) is 36.4 Å². The molecule has 0 aliphatic rings. The molecule has 47 heavy (non-hydrogen) atoms. The van der Waals surface area contributed by atoms with Crippen molar-refractivity contribution in [3.8, 4) is 67.5 Å². The van der Waals surface area contributed by atoms with Crippen LogP contribution in [0.4, 0.5) is 0 Å². The van der Waals surface area contributed by atoms with Gasteiger partial charge in [-0.05, 0) is 5.56 Å². The molecule has 0 amide bonds. The summed E-state index contributed by atoms with van der Waals surface area (Å²) in [5, 5.41) is 2.23. The molecule has 1 heterocycles. The Hall–Kier alpha value is -5.67. The van der Waals surface area contributed by atoms with Crippen LogP contribution >= 0.6 is 0 Å². The SMILES string of the molecule is [Se]c1c(-c2ccccc2)cccc1-c1cccc2c(-c3nc(-c4ccccc4)nc(-c4cccc(-c5ccccc5)c4)n3)cccc12. The molecule has 0 N–H and O–H groups in total. The zero-order valence-electron chi connectivity index (χ0n) is 25.4. The van der Waals surface area contributed by atoms with E-state index in [9.17, 15) is 0 Å². The molecular weight excluding hydrogens is 637 g/mol. The van der Waals surface area contributed by atoms with Crippen molar-refractivity contribution in [3.05, 3.63) is 170 Å². The zero-order chi connectivity index (χ0) is 31.6. The maximum atomic E-state index is 5.13. The average Bonchev–Trinajstić information content (AvgIpc) is 3.15. The summed E-state index contributed by atoms with van der Waals surface area (Å²) >= 11 is 3.38.